The summed E-state index contributed by atoms with van der Waals surface area (Å²) in [6.45, 7) is 5.90. The summed E-state index contributed by atoms with van der Waals surface area (Å²) in [5, 5.41) is 0. The van der Waals surface area contributed by atoms with Gasteiger partial charge in [-0.2, -0.15) is 0 Å². The van der Waals surface area contributed by atoms with Gasteiger partial charge in [0.15, 0.2) is 0 Å². The average Bonchev–Trinajstić information content (AvgIpc) is 2.03. The highest BCUT2D eigenvalue weighted by atomic mass is 35.5. The Balaban J connectivity index is 0. The van der Waals surface area contributed by atoms with E-state index in [9.17, 15) is 0 Å². The molecule has 0 atom stereocenters. The molecule has 3 nitrogen and oxygen atoms in total. The van der Waals surface area contributed by atoms with Crippen LogP contribution in [0.1, 0.15) is 6.42 Å². The Labute approximate surface area is 86.4 Å². The van der Waals surface area contributed by atoms with Gasteiger partial charge >= 0.3 is 0 Å². The van der Waals surface area contributed by atoms with Crippen LogP contribution in [0.4, 0.5) is 0 Å². The molecule has 1 rings (SSSR count). The molecule has 0 aromatic rings. The number of hydrogen-bond donors (Lipinski definition) is 1. The van der Waals surface area contributed by atoms with Crippen LogP contribution in [0.25, 0.3) is 0 Å². The summed E-state index contributed by atoms with van der Waals surface area (Å²) in [5.74, 6) is 0. The molecule has 0 radical (unpaired) electrons. The number of ether oxygens (including phenoxy) is 1. The summed E-state index contributed by atoms with van der Waals surface area (Å²) in [6.07, 6.45) is 1.11. The van der Waals surface area contributed by atoms with E-state index in [4.69, 9.17) is 10.5 Å². The molecule has 0 saturated carbocycles. The molecule has 0 aromatic heterocycles. The van der Waals surface area contributed by atoms with Crippen LogP contribution in [0.5, 0.6) is 0 Å². The highest BCUT2D eigenvalue weighted by Gasteiger charge is 2.07. The minimum atomic E-state index is 0. The molecule has 1 fully saturated rings. The lowest BCUT2D eigenvalue weighted by Gasteiger charge is -2.26. The highest BCUT2D eigenvalue weighted by Crippen LogP contribution is 1.96. The van der Waals surface area contributed by atoms with Gasteiger partial charge in [0.25, 0.3) is 0 Å². The number of nitrogens with two attached hydrogens (primary N) is 1. The number of halogens is 2. The van der Waals surface area contributed by atoms with Crippen molar-refractivity contribution in [2.75, 3.05) is 39.4 Å². The van der Waals surface area contributed by atoms with Gasteiger partial charge in [0.05, 0.1) is 13.2 Å². The molecule has 5 heteroatoms. The van der Waals surface area contributed by atoms with Gasteiger partial charge in [-0.3, -0.25) is 4.90 Å². The number of hydrogen-bond acceptors (Lipinski definition) is 3. The number of rotatable bonds is 3. The van der Waals surface area contributed by atoms with Crippen molar-refractivity contribution in [3.05, 3.63) is 0 Å². The van der Waals surface area contributed by atoms with E-state index in [2.05, 4.69) is 4.90 Å². The quantitative estimate of drug-likeness (QED) is 0.748. The normalized spacial score (nSPS) is 17.8. The Bertz CT molecular complexity index is 89.5. The smallest absolute Gasteiger partial charge is 0.0594 e. The van der Waals surface area contributed by atoms with Crippen LogP contribution in [0, 0.1) is 0 Å². The Morgan fingerprint density at radius 3 is 2.25 bits per heavy atom. The first-order valence-corrected chi connectivity index (χ1v) is 3.93. The van der Waals surface area contributed by atoms with Crippen molar-refractivity contribution in [3.8, 4) is 0 Å². The Hall–Kier alpha value is 0.460. The summed E-state index contributed by atoms with van der Waals surface area (Å²) in [6, 6.07) is 0. The van der Waals surface area contributed by atoms with Gasteiger partial charge < -0.3 is 10.5 Å². The molecule has 1 heterocycles. The average molecular weight is 217 g/mol. The zero-order valence-corrected chi connectivity index (χ0v) is 8.83. The predicted molar refractivity (Wildman–Crippen MR) is 55.4 cm³/mol. The Morgan fingerprint density at radius 2 is 1.75 bits per heavy atom. The SMILES string of the molecule is Cl.Cl.NCCCN1CCOCC1. The molecule has 12 heavy (non-hydrogen) atoms. The fourth-order valence-corrected chi connectivity index (χ4v) is 1.14. The standard InChI is InChI=1S/C7H16N2O.2ClH/c8-2-1-3-9-4-6-10-7-5-9;;/h1-8H2;2*1H. The van der Waals surface area contributed by atoms with Crippen molar-refractivity contribution in [2.45, 2.75) is 6.42 Å². The minimum absolute atomic E-state index is 0. The maximum Gasteiger partial charge on any atom is 0.0594 e. The first-order chi connectivity index (χ1) is 4.93. The summed E-state index contributed by atoms with van der Waals surface area (Å²) in [4.78, 5) is 2.40. The van der Waals surface area contributed by atoms with Crippen LogP contribution in [-0.4, -0.2) is 44.3 Å². The van der Waals surface area contributed by atoms with E-state index < -0.39 is 0 Å². The van der Waals surface area contributed by atoms with Gasteiger partial charge in [-0.05, 0) is 19.5 Å². The monoisotopic (exact) mass is 216 g/mol. The lowest BCUT2D eigenvalue weighted by molar-refractivity contribution is 0.0377. The Morgan fingerprint density at radius 1 is 1.17 bits per heavy atom. The lowest BCUT2D eigenvalue weighted by atomic mass is 10.3. The van der Waals surface area contributed by atoms with Crippen LogP contribution in [-0.2, 0) is 4.74 Å². The molecule has 0 aliphatic carbocycles. The summed E-state index contributed by atoms with van der Waals surface area (Å²) in [5.41, 5.74) is 5.39. The molecule has 0 unspecified atom stereocenters. The molecule has 2 N–H and O–H groups in total. The van der Waals surface area contributed by atoms with Crippen molar-refractivity contribution in [1.82, 2.24) is 4.90 Å². The molecule has 1 aliphatic rings. The molecule has 0 bridgehead atoms. The predicted octanol–water partition coefficient (Wildman–Crippen LogP) is 0.511. The van der Waals surface area contributed by atoms with Crippen molar-refractivity contribution in [3.63, 3.8) is 0 Å². The third-order valence-corrected chi connectivity index (χ3v) is 1.78. The van der Waals surface area contributed by atoms with E-state index in [1.165, 1.54) is 0 Å². The highest BCUT2D eigenvalue weighted by molar-refractivity contribution is 5.85. The molecular formula is C7H18Cl2N2O. The van der Waals surface area contributed by atoms with Crippen LogP contribution < -0.4 is 5.73 Å². The van der Waals surface area contributed by atoms with Crippen molar-refractivity contribution in [2.24, 2.45) is 5.73 Å². The zero-order chi connectivity index (χ0) is 7.23. The summed E-state index contributed by atoms with van der Waals surface area (Å²) < 4.78 is 5.21. The van der Waals surface area contributed by atoms with Crippen LogP contribution in [0.3, 0.4) is 0 Å². The van der Waals surface area contributed by atoms with Crippen LogP contribution in [0.2, 0.25) is 0 Å². The largest absolute Gasteiger partial charge is 0.379 e. The third kappa shape index (κ3) is 6.03. The first-order valence-electron chi connectivity index (χ1n) is 3.93. The fourth-order valence-electron chi connectivity index (χ4n) is 1.14. The van der Waals surface area contributed by atoms with E-state index in [1.54, 1.807) is 0 Å². The number of nitrogens with zero attached hydrogens (tertiary/aromatic N) is 1. The second-order valence-corrected chi connectivity index (χ2v) is 2.60. The van der Waals surface area contributed by atoms with Gasteiger partial charge in [0.2, 0.25) is 0 Å². The first kappa shape index (κ1) is 15.0. The molecule has 0 aromatic carbocycles. The molecule has 0 amide bonds. The topological polar surface area (TPSA) is 38.5 Å². The van der Waals surface area contributed by atoms with E-state index >= 15 is 0 Å². The third-order valence-electron chi connectivity index (χ3n) is 1.78. The van der Waals surface area contributed by atoms with Crippen molar-refractivity contribution in [1.29, 1.82) is 0 Å². The molecule has 76 valence electrons. The molecular weight excluding hydrogens is 199 g/mol. The molecule has 0 spiro atoms. The lowest BCUT2D eigenvalue weighted by Crippen LogP contribution is -2.37. The van der Waals surface area contributed by atoms with E-state index in [-0.39, 0.29) is 24.8 Å². The Kier molecular flexibility index (Phi) is 11.9. The van der Waals surface area contributed by atoms with Crippen LogP contribution in [0.15, 0.2) is 0 Å². The second kappa shape index (κ2) is 9.55. The van der Waals surface area contributed by atoms with Crippen molar-refractivity contribution >= 4 is 24.8 Å². The summed E-state index contributed by atoms with van der Waals surface area (Å²) >= 11 is 0. The van der Waals surface area contributed by atoms with E-state index in [1.807, 2.05) is 0 Å². The maximum absolute atomic E-state index is 5.39. The minimum Gasteiger partial charge on any atom is -0.379 e. The van der Waals surface area contributed by atoms with Gasteiger partial charge in [-0.25, -0.2) is 0 Å². The van der Waals surface area contributed by atoms with E-state index in [0.717, 1.165) is 45.8 Å². The van der Waals surface area contributed by atoms with Gasteiger partial charge in [-0.1, -0.05) is 0 Å². The molecule has 1 aliphatic heterocycles. The van der Waals surface area contributed by atoms with Gasteiger partial charge in [0, 0.05) is 13.1 Å². The van der Waals surface area contributed by atoms with Crippen LogP contribution >= 0.6 is 24.8 Å². The molecule has 1 saturated heterocycles. The number of morpholine rings is 1. The zero-order valence-electron chi connectivity index (χ0n) is 7.20. The second-order valence-electron chi connectivity index (χ2n) is 2.60. The summed E-state index contributed by atoms with van der Waals surface area (Å²) in [7, 11) is 0. The van der Waals surface area contributed by atoms with Crippen molar-refractivity contribution < 1.29 is 4.74 Å². The van der Waals surface area contributed by atoms with Gasteiger partial charge in [-0.15, -0.1) is 24.8 Å². The van der Waals surface area contributed by atoms with Gasteiger partial charge in [0.1, 0.15) is 0 Å². The van der Waals surface area contributed by atoms with E-state index in [0.29, 0.717) is 0 Å². The fraction of sp³-hybridized carbons (Fsp3) is 1.00. The maximum atomic E-state index is 5.39.